The van der Waals surface area contributed by atoms with E-state index in [4.69, 9.17) is 5.84 Å². The van der Waals surface area contributed by atoms with Crippen LogP contribution < -0.4 is 11.2 Å². The van der Waals surface area contributed by atoms with E-state index < -0.39 is 0 Å². The number of nitrogens with one attached hydrogen (secondary N) is 1. The third kappa shape index (κ3) is 4.28. The average molecular weight is 441 g/mol. The molecular weight excluding hydrogens is 421 g/mol. The van der Waals surface area contributed by atoms with E-state index in [1.165, 1.54) is 16.8 Å². The summed E-state index contributed by atoms with van der Waals surface area (Å²) in [5.41, 5.74) is 3.05. The number of aromatic nitrogens is 7. The Bertz CT molecular complexity index is 1240. The highest BCUT2D eigenvalue weighted by molar-refractivity contribution is 7.99. The quantitative estimate of drug-likeness (QED) is 0.347. The Balaban J connectivity index is 1.45. The van der Waals surface area contributed by atoms with E-state index in [-0.39, 0.29) is 17.5 Å². The molecule has 0 fully saturated rings. The normalized spacial score (nSPS) is 11.1. The molecule has 0 aliphatic carbocycles. The molecule has 4 aromatic rings. The van der Waals surface area contributed by atoms with Crippen LogP contribution in [0.4, 0.5) is 10.2 Å². The number of nitrogen functional groups attached to an aromatic ring is 1. The number of hydrogen-bond donors (Lipinski definition) is 2. The van der Waals surface area contributed by atoms with Crippen molar-refractivity contribution in [2.24, 2.45) is 0 Å². The van der Waals surface area contributed by atoms with Gasteiger partial charge in [-0.05, 0) is 51.1 Å². The fourth-order valence-electron chi connectivity index (χ4n) is 3.02. The van der Waals surface area contributed by atoms with Gasteiger partial charge in [0.15, 0.2) is 0 Å². The standard InChI is InChI=1S/C19H20FN9OS/c1-11-8-13(3)28(25-11)18-23-24-19(27(18)21)31-10-17(30)22-16-9-12(2)26-29(16)15-6-4-14(20)5-7-15/h4-9H,10,21H2,1-3H3,(H,22,30). The minimum Gasteiger partial charge on any atom is -0.334 e. The van der Waals surface area contributed by atoms with E-state index in [1.807, 2.05) is 26.8 Å². The number of hydrogen-bond acceptors (Lipinski definition) is 7. The number of thioether (sulfide) groups is 1. The Hall–Kier alpha value is -3.67. The lowest BCUT2D eigenvalue weighted by Crippen LogP contribution is -2.19. The SMILES string of the molecule is Cc1cc(C)n(-c2nnc(SCC(=O)Nc3cc(C)nn3-c3ccc(F)cc3)n2N)n1. The molecule has 12 heteroatoms. The zero-order chi connectivity index (χ0) is 22.1. The Morgan fingerprint density at radius 1 is 1.06 bits per heavy atom. The molecule has 3 heterocycles. The number of nitrogens with two attached hydrogens (primary N) is 1. The zero-order valence-electron chi connectivity index (χ0n) is 17.1. The summed E-state index contributed by atoms with van der Waals surface area (Å²) in [6.07, 6.45) is 0. The monoisotopic (exact) mass is 441 g/mol. The molecule has 160 valence electrons. The summed E-state index contributed by atoms with van der Waals surface area (Å²) >= 11 is 1.14. The molecule has 0 radical (unpaired) electrons. The molecule has 0 aliphatic rings. The van der Waals surface area contributed by atoms with Crippen molar-refractivity contribution in [1.29, 1.82) is 0 Å². The Labute approximate surface area is 181 Å². The van der Waals surface area contributed by atoms with Gasteiger partial charge in [-0.3, -0.25) is 4.79 Å². The van der Waals surface area contributed by atoms with Crippen LogP contribution in [0.3, 0.4) is 0 Å². The van der Waals surface area contributed by atoms with E-state index in [0.29, 0.717) is 28.3 Å². The van der Waals surface area contributed by atoms with Crippen molar-refractivity contribution in [3.63, 3.8) is 0 Å². The van der Waals surface area contributed by atoms with E-state index in [0.717, 1.165) is 23.1 Å². The second kappa shape index (κ2) is 8.22. The Kier molecular flexibility index (Phi) is 5.46. The summed E-state index contributed by atoms with van der Waals surface area (Å²) in [4.78, 5) is 12.5. The van der Waals surface area contributed by atoms with Crippen molar-refractivity contribution < 1.29 is 9.18 Å². The number of aryl methyl sites for hydroxylation is 3. The van der Waals surface area contributed by atoms with Gasteiger partial charge in [0.25, 0.3) is 5.95 Å². The lowest BCUT2D eigenvalue weighted by molar-refractivity contribution is -0.113. The number of nitrogens with zero attached hydrogens (tertiary/aromatic N) is 7. The Morgan fingerprint density at radius 2 is 1.74 bits per heavy atom. The number of anilines is 1. The van der Waals surface area contributed by atoms with Gasteiger partial charge in [-0.2, -0.15) is 10.2 Å². The van der Waals surface area contributed by atoms with Crippen LogP contribution in [0.1, 0.15) is 17.1 Å². The number of halogens is 1. The van der Waals surface area contributed by atoms with Crippen molar-refractivity contribution in [2.75, 3.05) is 16.9 Å². The van der Waals surface area contributed by atoms with Gasteiger partial charge < -0.3 is 11.2 Å². The Morgan fingerprint density at radius 3 is 2.42 bits per heavy atom. The fourth-order valence-corrected chi connectivity index (χ4v) is 3.67. The van der Waals surface area contributed by atoms with Crippen LogP contribution in [-0.2, 0) is 4.79 Å². The highest BCUT2D eigenvalue weighted by Gasteiger charge is 2.17. The molecule has 0 unspecified atom stereocenters. The first-order valence-corrected chi connectivity index (χ1v) is 10.3. The number of carbonyl (C=O) groups excluding carboxylic acids is 1. The van der Waals surface area contributed by atoms with Crippen LogP contribution in [0.5, 0.6) is 0 Å². The van der Waals surface area contributed by atoms with E-state index in [9.17, 15) is 9.18 Å². The summed E-state index contributed by atoms with van der Waals surface area (Å²) in [6, 6.07) is 9.48. The molecule has 10 nitrogen and oxygen atoms in total. The third-order valence-electron chi connectivity index (χ3n) is 4.35. The maximum Gasteiger partial charge on any atom is 0.271 e. The summed E-state index contributed by atoms with van der Waals surface area (Å²) < 4.78 is 17.7. The van der Waals surface area contributed by atoms with Gasteiger partial charge in [-0.25, -0.2) is 18.4 Å². The first-order chi connectivity index (χ1) is 14.8. The summed E-state index contributed by atoms with van der Waals surface area (Å²) in [5, 5.41) is 20.0. The van der Waals surface area contributed by atoms with Crippen molar-refractivity contribution in [3.05, 3.63) is 59.3 Å². The second-order valence-electron chi connectivity index (χ2n) is 6.89. The molecule has 1 aromatic carbocycles. The molecule has 1 amide bonds. The van der Waals surface area contributed by atoms with Crippen LogP contribution in [0, 0.1) is 26.6 Å². The first kappa shape index (κ1) is 20.6. The van der Waals surface area contributed by atoms with Crippen molar-refractivity contribution >= 4 is 23.5 Å². The molecule has 0 atom stereocenters. The minimum absolute atomic E-state index is 0.0557. The highest BCUT2D eigenvalue weighted by atomic mass is 32.2. The van der Waals surface area contributed by atoms with Gasteiger partial charge >= 0.3 is 0 Å². The predicted octanol–water partition coefficient (Wildman–Crippen LogP) is 2.16. The average Bonchev–Trinajstić information content (AvgIpc) is 3.37. The lowest BCUT2D eigenvalue weighted by atomic mass is 10.3. The van der Waals surface area contributed by atoms with Crippen molar-refractivity contribution in [1.82, 2.24) is 34.4 Å². The molecule has 3 N–H and O–H groups in total. The topological polar surface area (TPSA) is 121 Å². The number of amides is 1. The molecule has 31 heavy (non-hydrogen) atoms. The fraction of sp³-hybridized carbons (Fsp3) is 0.211. The molecule has 0 bridgehead atoms. The van der Waals surface area contributed by atoms with Gasteiger partial charge in [0.2, 0.25) is 11.1 Å². The number of carbonyl (C=O) groups is 1. The molecule has 0 aliphatic heterocycles. The number of benzene rings is 1. The van der Waals surface area contributed by atoms with Gasteiger partial charge in [0.05, 0.1) is 22.8 Å². The third-order valence-corrected chi connectivity index (χ3v) is 5.29. The van der Waals surface area contributed by atoms with E-state index in [1.54, 1.807) is 27.6 Å². The van der Waals surface area contributed by atoms with Crippen LogP contribution in [0.25, 0.3) is 11.6 Å². The van der Waals surface area contributed by atoms with Crippen molar-refractivity contribution in [3.8, 4) is 11.6 Å². The molecule has 0 saturated carbocycles. The molecule has 4 rings (SSSR count). The largest absolute Gasteiger partial charge is 0.334 e. The van der Waals surface area contributed by atoms with Gasteiger partial charge in [0.1, 0.15) is 11.6 Å². The van der Waals surface area contributed by atoms with Crippen LogP contribution in [0.15, 0.2) is 41.6 Å². The van der Waals surface area contributed by atoms with Gasteiger partial charge in [-0.15, -0.1) is 10.2 Å². The zero-order valence-corrected chi connectivity index (χ0v) is 17.9. The second-order valence-corrected chi connectivity index (χ2v) is 7.83. The molecular formula is C19H20FN9OS. The van der Waals surface area contributed by atoms with E-state index >= 15 is 0 Å². The van der Waals surface area contributed by atoms with Crippen molar-refractivity contribution in [2.45, 2.75) is 25.9 Å². The molecule has 0 spiro atoms. The summed E-state index contributed by atoms with van der Waals surface area (Å²) in [7, 11) is 0. The smallest absolute Gasteiger partial charge is 0.271 e. The van der Waals surface area contributed by atoms with Crippen LogP contribution in [0.2, 0.25) is 0 Å². The maximum atomic E-state index is 13.2. The maximum absolute atomic E-state index is 13.2. The number of rotatable bonds is 6. The van der Waals surface area contributed by atoms with Crippen LogP contribution in [-0.4, -0.2) is 46.1 Å². The summed E-state index contributed by atoms with van der Waals surface area (Å²) in [5.74, 6) is 6.37. The van der Waals surface area contributed by atoms with Gasteiger partial charge in [-0.1, -0.05) is 11.8 Å². The first-order valence-electron chi connectivity index (χ1n) is 9.31. The molecule has 3 aromatic heterocycles. The van der Waals surface area contributed by atoms with E-state index in [2.05, 4.69) is 25.7 Å². The predicted molar refractivity (Wildman–Crippen MR) is 114 cm³/mol. The van der Waals surface area contributed by atoms with Gasteiger partial charge in [0, 0.05) is 11.8 Å². The molecule has 0 saturated heterocycles. The lowest BCUT2D eigenvalue weighted by Gasteiger charge is -2.09. The van der Waals surface area contributed by atoms with Crippen LogP contribution >= 0.6 is 11.8 Å². The minimum atomic E-state index is -0.347. The summed E-state index contributed by atoms with van der Waals surface area (Å²) in [6.45, 7) is 5.57. The highest BCUT2D eigenvalue weighted by Crippen LogP contribution is 2.20.